The van der Waals surface area contributed by atoms with Gasteiger partial charge in [-0.3, -0.25) is 0 Å². The third-order valence-corrected chi connectivity index (χ3v) is 5.31. The van der Waals surface area contributed by atoms with Crippen LogP contribution in [0.5, 0.6) is 0 Å². The van der Waals surface area contributed by atoms with Crippen LogP contribution in [0.2, 0.25) is 0 Å². The van der Waals surface area contributed by atoms with Crippen molar-refractivity contribution in [1.29, 1.82) is 0 Å². The Kier molecular flexibility index (Phi) is 3.36. The Hall–Kier alpha value is -1.64. The SMILES string of the molecule is C[I-]n1c(=O)n(C2CCC(=O)NC2=O)c2ccccc21. The van der Waals surface area contributed by atoms with E-state index in [2.05, 4.69) is 5.32 Å². The van der Waals surface area contributed by atoms with Crippen LogP contribution in [0, 0.1) is 0 Å². The first-order valence-corrected chi connectivity index (χ1v) is 9.31. The van der Waals surface area contributed by atoms with Crippen LogP contribution in [-0.2, 0) is 9.59 Å². The van der Waals surface area contributed by atoms with Gasteiger partial charge < -0.3 is 0 Å². The molecule has 1 N–H and O–H groups in total. The molecule has 1 aliphatic rings. The summed E-state index contributed by atoms with van der Waals surface area (Å²) in [5.41, 5.74) is 1.46. The molecule has 1 unspecified atom stereocenters. The quantitative estimate of drug-likeness (QED) is 0.346. The number of piperidine rings is 1. The Morgan fingerprint density at radius 3 is 2.55 bits per heavy atom. The molecule has 0 saturated carbocycles. The van der Waals surface area contributed by atoms with E-state index in [1.54, 1.807) is 2.78 Å². The van der Waals surface area contributed by atoms with Gasteiger partial charge in [-0.25, -0.2) is 0 Å². The second kappa shape index (κ2) is 5.04. The molecular formula is C13H13IN3O3-. The molecule has 106 valence electrons. The zero-order valence-corrected chi connectivity index (χ0v) is 13.0. The molecule has 0 bridgehead atoms. The number of nitrogens with zero attached hydrogens (tertiary/aromatic N) is 2. The van der Waals surface area contributed by atoms with Gasteiger partial charge in [0.25, 0.3) is 0 Å². The van der Waals surface area contributed by atoms with Crippen LogP contribution in [-0.4, -0.2) is 24.1 Å². The maximum absolute atomic E-state index is 12.5. The fourth-order valence-electron chi connectivity index (χ4n) is 2.53. The van der Waals surface area contributed by atoms with E-state index in [1.807, 2.05) is 29.2 Å². The Morgan fingerprint density at radius 1 is 1.20 bits per heavy atom. The summed E-state index contributed by atoms with van der Waals surface area (Å²) in [6.45, 7) is 0. The van der Waals surface area contributed by atoms with Crippen LogP contribution in [0.4, 0.5) is 0 Å². The van der Waals surface area contributed by atoms with Crippen molar-refractivity contribution in [3.63, 3.8) is 0 Å². The van der Waals surface area contributed by atoms with Crippen molar-refractivity contribution in [3.8, 4) is 0 Å². The van der Waals surface area contributed by atoms with Crippen molar-refractivity contribution in [1.82, 2.24) is 12.7 Å². The molecule has 2 aromatic rings. The molecule has 1 aliphatic heterocycles. The molecule has 1 atom stereocenters. The van der Waals surface area contributed by atoms with Gasteiger partial charge in [-0.2, -0.15) is 0 Å². The number of imidazole rings is 1. The number of halogens is 1. The summed E-state index contributed by atoms with van der Waals surface area (Å²) in [5.74, 6) is -0.661. The van der Waals surface area contributed by atoms with Crippen LogP contribution in [0.1, 0.15) is 18.9 Å². The van der Waals surface area contributed by atoms with E-state index in [0.717, 1.165) is 11.0 Å². The molecule has 0 spiro atoms. The third-order valence-electron chi connectivity index (χ3n) is 3.42. The van der Waals surface area contributed by atoms with Crippen molar-refractivity contribution < 1.29 is 31.1 Å². The number of nitrogens with one attached hydrogen (secondary N) is 1. The Labute approximate surface area is 125 Å². The molecule has 0 aliphatic carbocycles. The van der Waals surface area contributed by atoms with Crippen LogP contribution in [0.25, 0.3) is 11.0 Å². The van der Waals surface area contributed by atoms with Crippen molar-refractivity contribution in [2.75, 3.05) is 4.93 Å². The maximum atomic E-state index is 12.5. The number of rotatable bonds is 2. The van der Waals surface area contributed by atoms with Crippen LogP contribution >= 0.6 is 0 Å². The number of fused-ring (bicyclic) bond motifs is 1. The van der Waals surface area contributed by atoms with Gasteiger partial charge in [0, 0.05) is 0 Å². The van der Waals surface area contributed by atoms with Crippen molar-refractivity contribution in [2.24, 2.45) is 0 Å². The standard InChI is InChI=1S/C13H13IN3O3/c1-14-17-9-5-3-2-4-8(9)16(13(17)20)10-6-7-11(18)15-12(10)19/h2-5,10H,6-7H2,1H3,(H,15,18,19)/q-1. The van der Waals surface area contributed by atoms with E-state index < -0.39 is 27.5 Å². The van der Waals surface area contributed by atoms with Gasteiger partial charge in [-0.1, -0.05) is 0 Å². The molecule has 7 heteroatoms. The van der Waals surface area contributed by atoms with Gasteiger partial charge in [0.05, 0.1) is 0 Å². The molecule has 1 fully saturated rings. The molecule has 1 aromatic carbocycles. The molecule has 6 nitrogen and oxygen atoms in total. The first-order chi connectivity index (χ1) is 9.63. The topological polar surface area (TPSA) is 73.1 Å². The molecule has 2 amide bonds. The summed E-state index contributed by atoms with van der Waals surface area (Å²) in [6, 6.07) is 6.87. The molecule has 0 radical (unpaired) electrons. The number of imide groups is 1. The van der Waals surface area contributed by atoms with Gasteiger partial charge in [0.1, 0.15) is 0 Å². The predicted molar refractivity (Wildman–Crippen MR) is 68.9 cm³/mol. The number of carbonyl (C=O) groups excluding carboxylic acids is 2. The molecule has 1 aromatic heterocycles. The number of hydrogen-bond acceptors (Lipinski definition) is 3. The number of carbonyl (C=O) groups is 2. The molecule has 20 heavy (non-hydrogen) atoms. The Balaban J connectivity index is 2.21. The normalized spacial score (nSPS) is 19.6. The van der Waals surface area contributed by atoms with E-state index >= 15 is 0 Å². The summed E-state index contributed by atoms with van der Waals surface area (Å²) in [7, 11) is 0. The van der Waals surface area contributed by atoms with Gasteiger partial charge in [-0.15, -0.1) is 0 Å². The molecular weight excluding hydrogens is 373 g/mol. The second-order valence-electron chi connectivity index (χ2n) is 4.56. The number of benzene rings is 1. The zero-order valence-electron chi connectivity index (χ0n) is 10.8. The number of alkyl halides is 1. The first-order valence-electron chi connectivity index (χ1n) is 6.19. The van der Waals surface area contributed by atoms with Gasteiger partial charge >= 0.3 is 125 Å². The number of hydrogen-bond donors (Lipinski definition) is 1. The van der Waals surface area contributed by atoms with E-state index in [-0.39, 0.29) is 23.9 Å². The Bertz CT molecular complexity index is 762. The minimum atomic E-state index is -0.595. The van der Waals surface area contributed by atoms with Gasteiger partial charge in [0.15, 0.2) is 0 Å². The van der Waals surface area contributed by atoms with E-state index in [1.165, 1.54) is 4.57 Å². The average Bonchev–Trinajstić information content (AvgIpc) is 2.71. The van der Waals surface area contributed by atoms with Crippen molar-refractivity contribution in [3.05, 3.63) is 34.7 Å². The summed E-state index contributed by atoms with van der Waals surface area (Å²) in [5, 5.41) is 2.31. The molecule has 1 saturated heterocycles. The molecule has 3 rings (SSSR count). The number of aromatic nitrogens is 2. The summed E-state index contributed by atoms with van der Waals surface area (Å²) < 4.78 is 3.28. The van der Waals surface area contributed by atoms with Gasteiger partial charge in [-0.05, 0) is 0 Å². The second-order valence-corrected chi connectivity index (χ2v) is 6.49. The van der Waals surface area contributed by atoms with E-state index in [4.69, 9.17) is 0 Å². The van der Waals surface area contributed by atoms with E-state index in [0.29, 0.717) is 6.42 Å². The van der Waals surface area contributed by atoms with Crippen LogP contribution in [0.3, 0.4) is 0 Å². The predicted octanol–water partition coefficient (Wildman–Crippen LogP) is -2.74. The zero-order chi connectivity index (χ0) is 14.3. The van der Waals surface area contributed by atoms with Crippen molar-refractivity contribution in [2.45, 2.75) is 18.9 Å². The summed E-state index contributed by atoms with van der Waals surface area (Å²) >= 11 is -0.455. The Morgan fingerprint density at radius 2 is 1.90 bits per heavy atom. The average molecular weight is 386 g/mol. The monoisotopic (exact) mass is 386 g/mol. The fourth-order valence-corrected chi connectivity index (χ4v) is 4.10. The van der Waals surface area contributed by atoms with E-state index in [9.17, 15) is 14.4 Å². The van der Waals surface area contributed by atoms with Crippen molar-refractivity contribution >= 4 is 22.8 Å². The summed E-state index contributed by atoms with van der Waals surface area (Å²) in [6.07, 6.45) is 0.643. The van der Waals surface area contributed by atoms with Gasteiger partial charge in [0.2, 0.25) is 0 Å². The summed E-state index contributed by atoms with van der Waals surface area (Å²) in [4.78, 5) is 37.8. The number of para-hydroxylation sites is 2. The third kappa shape index (κ3) is 1.96. The molecule has 2 heterocycles. The van der Waals surface area contributed by atoms with Crippen LogP contribution < -0.4 is 32.5 Å². The first kappa shape index (κ1) is 13.3. The minimum absolute atomic E-state index is 0.156. The number of amides is 2. The fraction of sp³-hybridized carbons (Fsp3) is 0.308. The van der Waals surface area contributed by atoms with Crippen LogP contribution in [0.15, 0.2) is 29.1 Å².